The number of fused-ring (bicyclic) bond motifs is 1. The second-order valence-electron chi connectivity index (χ2n) is 6.06. The van der Waals surface area contributed by atoms with Crippen molar-refractivity contribution < 1.29 is 14.1 Å². The van der Waals surface area contributed by atoms with Crippen molar-refractivity contribution >= 4 is 28.8 Å². The lowest BCUT2D eigenvalue weighted by Gasteiger charge is -2.04. The van der Waals surface area contributed by atoms with Crippen molar-refractivity contribution in [3.05, 3.63) is 60.9 Å². The molecule has 0 spiro atoms. The third kappa shape index (κ3) is 5.14. The third-order valence-electron chi connectivity index (χ3n) is 3.95. The van der Waals surface area contributed by atoms with Crippen molar-refractivity contribution in [2.75, 3.05) is 12.4 Å². The van der Waals surface area contributed by atoms with Gasteiger partial charge in [0.15, 0.2) is 0 Å². The fourth-order valence-electron chi connectivity index (χ4n) is 2.56. The SMILES string of the molecule is O=C(CSc1cnc2ccccc2n1)OCCCc1nc(-c2cccnc2)no1. The summed E-state index contributed by atoms with van der Waals surface area (Å²) in [5, 5.41) is 4.62. The van der Waals surface area contributed by atoms with Crippen LogP contribution in [-0.4, -0.2) is 43.4 Å². The zero-order valence-corrected chi connectivity index (χ0v) is 16.2. The Morgan fingerprint density at radius 2 is 1.97 bits per heavy atom. The highest BCUT2D eigenvalue weighted by Gasteiger charge is 2.10. The molecule has 0 amide bonds. The fourth-order valence-corrected chi connectivity index (χ4v) is 3.20. The van der Waals surface area contributed by atoms with Crippen LogP contribution in [0.3, 0.4) is 0 Å². The van der Waals surface area contributed by atoms with Gasteiger partial charge in [-0.3, -0.25) is 14.8 Å². The quantitative estimate of drug-likeness (QED) is 0.247. The molecule has 0 saturated carbocycles. The minimum atomic E-state index is -0.300. The zero-order valence-electron chi connectivity index (χ0n) is 15.4. The van der Waals surface area contributed by atoms with Crippen LogP contribution < -0.4 is 0 Å². The van der Waals surface area contributed by atoms with E-state index in [-0.39, 0.29) is 18.3 Å². The van der Waals surface area contributed by atoms with E-state index in [9.17, 15) is 4.79 Å². The van der Waals surface area contributed by atoms with Gasteiger partial charge in [0.05, 0.1) is 29.6 Å². The summed E-state index contributed by atoms with van der Waals surface area (Å²) >= 11 is 1.30. The van der Waals surface area contributed by atoms with Crippen LogP contribution in [0.2, 0.25) is 0 Å². The van der Waals surface area contributed by atoms with Gasteiger partial charge in [0.2, 0.25) is 11.7 Å². The summed E-state index contributed by atoms with van der Waals surface area (Å²) in [7, 11) is 0. The minimum Gasteiger partial charge on any atom is -0.465 e. The highest BCUT2D eigenvalue weighted by Crippen LogP contribution is 2.18. The molecule has 146 valence electrons. The maximum atomic E-state index is 11.9. The van der Waals surface area contributed by atoms with E-state index in [0.717, 1.165) is 16.6 Å². The number of aryl methyl sites for hydroxylation is 1. The average molecular weight is 407 g/mol. The van der Waals surface area contributed by atoms with E-state index in [4.69, 9.17) is 9.26 Å². The molecule has 4 aromatic rings. The molecule has 0 bridgehead atoms. The summed E-state index contributed by atoms with van der Waals surface area (Å²) in [6, 6.07) is 11.3. The number of pyridine rings is 1. The van der Waals surface area contributed by atoms with Crippen molar-refractivity contribution in [2.24, 2.45) is 0 Å². The lowest BCUT2D eigenvalue weighted by atomic mass is 10.3. The molecule has 0 atom stereocenters. The number of carbonyl (C=O) groups excluding carboxylic acids is 1. The lowest BCUT2D eigenvalue weighted by Crippen LogP contribution is -2.09. The first kappa shape index (κ1) is 19.0. The fraction of sp³-hybridized carbons (Fsp3) is 0.200. The number of para-hydroxylation sites is 2. The number of carbonyl (C=O) groups is 1. The number of hydrogen-bond acceptors (Lipinski definition) is 9. The van der Waals surface area contributed by atoms with Gasteiger partial charge in [-0.25, -0.2) is 4.98 Å². The Bertz CT molecular complexity index is 1100. The Hall–Kier alpha value is -3.33. The Kier molecular flexibility index (Phi) is 6.06. The average Bonchev–Trinajstić information content (AvgIpc) is 3.25. The summed E-state index contributed by atoms with van der Waals surface area (Å²) in [6.45, 7) is 0.285. The molecule has 0 N–H and O–H groups in total. The second kappa shape index (κ2) is 9.24. The summed E-state index contributed by atoms with van der Waals surface area (Å²) in [5.41, 5.74) is 2.42. The molecule has 3 heterocycles. The van der Waals surface area contributed by atoms with Gasteiger partial charge in [0, 0.05) is 24.4 Å². The molecule has 0 unspecified atom stereocenters. The van der Waals surface area contributed by atoms with Crippen molar-refractivity contribution in [3.8, 4) is 11.4 Å². The van der Waals surface area contributed by atoms with Crippen LogP contribution in [0.15, 0.2) is 64.5 Å². The molecule has 0 aliphatic carbocycles. The van der Waals surface area contributed by atoms with E-state index in [0.29, 0.717) is 29.6 Å². The van der Waals surface area contributed by atoms with Crippen molar-refractivity contribution in [1.82, 2.24) is 25.1 Å². The van der Waals surface area contributed by atoms with Crippen LogP contribution >= 0.6 is 11.8 Å². The van der Waals surface area contributed by atoms with Crippen LogP contribution in [-0.2, 0) is 16.0 Å². The number of esters is 1. The first-order chi connectivity index (χ1) is 14.3. The molecule has 1 aromatic carbocycles. The summed E-state index contributed by atoms with van der Waals surface area (Å²) in [4.78, 5) is 29.1. The van der Waals surface area contributed by atoms with Crippen LogP contribution in [0.4, 0.5) is 0 Å². The molecule has 0 saturated heterocycles. The molecule has 4 rings (SSSR count). The summed E-state index contributed by atoms with van der Waals surface area (Å²) < 4.78 is 10.5. The Morgan fingerprint density at radius 1 is 1.07 bits per heavy atom. The van der Waals surface area contributed by atoms with Crippen molar-refractivity contribution in [3.63, 3.8) is 0 Å². The van der Waals surface area contributed by atoms with E-state index < -0.39 is 0 Å². The molecule has 0 aliphatic rings. The number of aromatic nitrogens is 5. The molecule has 9 heteroatoms. The maximum absolute atomic E-state index is 11.9. The smallest absolute Gasteiger partial charge is 0.316 e. The minimum absolute atomic E-state index is 0.179. The monoisotopic (exact) mass is 407 g/mol. The van der Waals surface area contributed by atoms with Gasteiger partial charge in [-0.1, -0.05) is 29.1 Å². The third-order valence-corrected chi connectivity index (χ3v) is 4.82. The molecule has 29 heavy (non-hydrogen) atoms. The van der Waals surface area contributed by atoms with Crippen LogP contribution in [0.5, 0.6) is 0 Å². The summed E-state index contributed by atoms with van der Waals surface area (Å²) in [6.07, 6.45) is 6.15. The van der Waals surface area contributed by atoms with Gasteiger partial charge in [0.25, 0.3) is 0 Å². The topological polar surface area (TPSA) is 104 Å². The van der Waals surface area contributed by atoms with Gasteiger partial charge in [-0.15, -0.1) is 0 Å². The Balaban J connectivity index is 1.19. The molecule has 3 aromatic heterocycles. The zero-order chi connectivity index (χ0) is 19.9. The van der Waals surface area contributed by atoms with E-state index in [1.807, 2.05) is 36.4 Å². The predicted octanol–water partition coefficient (Wildman–Crippen LogP) is 3.34. The number of ether oxygens (including phenoxy) is 1. The van der Waals surface area contributed by atoms with E-state index in [1.165, 1.54) is 11.8 Å². The Labute approximate surface area is 170 Å². The van der Waals surface area contributed by atoms with E-state index in [1.54, 1.807) is 18.6 Å². The van der Waals surface area contributed by atoms with E-state index in [2.05, 4.69) is 25.1 Å². The van der Waals surface area contributed by atoms with Gasteiger partial charge in [-0.05, 0) is 30.7 Å². The molecule has 8 nitrogen and oxygen atoms in total. The van der Waals surface area contributed by atoms with Crippen LogP contribution in [0.25, 0.3) is 22.4 Å². The van der Waals surface area contributed by atoms with Crippen molar-refractivity contribution in [2.45, 2.75) is 17.9 Å². The number of rotatable bonds is 8. The number of hydrogen-bond donors (Lipinski definition) is 0. The van der Waals surface area contributed by atoms with Crippen LogP contribution in [0, 0.1) is 0 Å². The number of benzene rings is 1. The lowest BCUT2D eigenvalue weighted by molar-refractivity contribution is -0.140. The predicted molar refractivity (Wildman–Crippen MR) is 107 cm³/mol. The first-order valence-corrected chi connectivity index (χ1v) is 10.00. The van der Waals surface area contributed by atoms with E-state index >= 15 is 0 Å². The molecular formula is C20H17N5O3S. The van der Waals surface area contributed by atoms with Gasteiger partial charge < -0.3 is 9.26 Å². The molecule has 0 aliphatic heterocycles. The first-order valence-electron chi connectivity index (χ1n) is 9.01. The second-order valence-corrected chi connectivity index (χ2v) is 7.06. The number of thioether (sulfide) groups is 1. The molecular weight excluding hydrogens is 390 g/mol. The highest BCUT2D eigenvalue weighted by molar-refractivity contribution is 7.99. The van der Waals surface area contributed by atoms with Gasteiger partial charge >= 0.3 is 5.97 Å². The number of nitrogens with zero attached hydrogens (tertiary/aromatic N) is 5. The standard InChI is InChI=1S/C20H17N5O3S/c26-19(13-29-18-12-22-15-6-1-2-7-16(15)23-18)27-10-4-8-17-24-20(25-28-17)14-5-3-9-21-11-14/h1-3,5-7,9,11-12H,4,8,10,13H2. The summed E-state index contributed by atoms with van der Waals surface area (Å²) in [5.74, 6) is 0.879. The van der Waals surface area contributed by atoms with Gasteiger partial charge in [-0.2, -0.15) is 4.98 Å². The van der Waals surface area contributed by atoms with Crippen LogP contribution in [0.1, 0.15) is 12.3 Å². The molecule has 0 radical (unpaired) electrons. The van der Waals surface area contributed by atoms with Crippen molar-refractivity contribution in [1.29, 1.82) is 0 Å². The van der Waals surface area contributed by atoms with Gasteiger partial charge in [0.1, 0.15) is 5.03 Å². The highest BCUT2D eigenvalue weighted by atomic mass is 32.2. The maximum Gasteiger partial charge on any atom is 0.316 e. The Morgan fingerprint density at radius 3 is 2.83 bits per heavy atom. The normalized spacial score (nSPS) is 10.9. The largest absolute Gasteiger partial charge is 0.465 e. The molecule has 0 fully saturated rings.